The standard InChI is InChI=1S/C14H20ClN3O/c1-9-12(15)16-13(10-5-6-10)17-14(9)18(2)8-11-4-3-7-19-11/h10-11H,3-8H2,1-2H3. The Morgan fingerprint density at radius 3 is 2.74 bits per heavy atom. The quantitative estimate of drug-likeness (QED) is 0.796. The van der Waals surface area contributed by atoms with E-state index in [0.29, 0.717) is 17.2 Å². The van der Waals surface area contributed by atoms with Gasteiger partial charge in [0.25, 0.3) is 0 Å². The molecule has 2 fully saturated rings. The Bertz CT molecular complexity index is 470. The summed E-state index contributed by atoms with van der Waals surface area (Å²) in [5.41, 5.74) is 0.964. The van der Waals surface area contributed by atoms with Gasteiger partial charge < -0.3 is 9.64 Å². The number of rotatable bonds is 4. The van der Waals surface area contributed by atoms with Crippen LogP contribution in [0.4, 0.5) is 5.82 Å². The average molecular weight is 282 g/mol. The molecule has 0 aromatic carbocycles. The number of nitrogens with zero attached hydrogens (tertiary/aromatic N) is 3. The second-order valence-electron chi connectivity index (χ2n) is 5.61. The summed E-state index contributed by atoms with van der Waals surface area (Å²) in [7, 11) is 2.06. The highest BCUT2D eigenvalue weighted by Crippen LogP contribution is 2.39. The van der Waals surface area contributed by atoms with E-state index in [1.807, 2.05) is 6.92 Å². The van der Waals surface area contributed by atoms with Crippen molar-refractivity contribution in [3.8, 4) is 0 Å². The monoisotopic (exact) mass is 281 g/mol. The molecule has 1 aromatic rings. The van der Waals surface area contributed by atoms with Crippen LogP contribution in [0.25, 0.3) is 0 Å². The topological polar surface area (TPSA) is 38.2 Å². The van der Waals surface area contributed by atoms with E-state index in [0.717, 1.165) is 43.2 Å². The molecule has 1 atom stereocenters. The number of ether oxygens (including phenoxy) is 1. The summed E-state index contributed by atoms with van der Waals surface area (Å²) in [6, 6.07) is 0. The largest absolute Gasteiger partial charge is 0.376 e. The number of hydrogen-bond acceptors (Lipinski definition) is 4. The Kier molecular flexibility index (Phi) is 3.63. The van der Waals surface area contributed by atoms with Gasteiger partial charge in [-0.1, -0.05) is 11.6 Å². The highest BCUT2D eigenvalue weighted by atomic mass is 35.5. The van der Waals surface area contributed by atoms with Crippen LogP contribution in [0.15, 0.2) is 0 Å². The van der Waals surface area contributed by atoms with Gasteiger partial charge in [-0.05, 0) is 32.6 Å². The molecule has 0 bridgehead atoms. The molecule has 104 valence electrons. The lowest BCUT2D eigenvalue weighted by Crippen LogP contribution is -2.30. The van der Waals surface area contributed by atoms with Crippen LogP contribution in [0.1, 0.15) is 43.0 Å². The SMILES string of the molecule is Cc1c(Cl)nc(C2CC2)nc1N(C)CC1CCCO1. The first kappa shape index (κ1) is 13.1. The highest BCUT2D eigenvalue weighted by molar-refractivity contribution is 6.30. The van der Waals surface area contributed by atoms with Gasteiger partial charge in [-0.3, -0.25) is 0 Å². The van der Waals surface area contributed by atoms with Crippen molar-refractivity contribution in [2.45, 2.75) is 44.6 Å². The molecular formula is C14H20ClN3O. The molecule has 4 nitrogen and oxygen atoms in total. The Labute approximate surface area is 119 Å². The van der Waals surface area contributed by atoms with Gasteiger partial charge >= 0.3 is 0 Å². The van der Waals surface area contributed by atoms with Crippen molar-refractivity contribution in [1.29, 1.82) is 0 Å². The molecule has 1 aromatic heterocycles. The Balaban J connectivity index is 1.81. The summed E-state index contributed by atoms with van der Waals surface area (Å²) >= 11 is 6.24. The molecule has 2 aliphatic rings. The van der Waals surface area contributed by atoms with Gasteiger partial charge in [-0.25, -0.2) is 9.97 Å². The summed E-state index contributed by atoms with van der Waals surface area (Å²) < 4.78 is 5.69. The zero-order valence-electron chi connectivity index (χ0n) is 11.5. The van der Waals surface area contributed by atoms with Gasteiger partial charge in [0.15, 0.2) is 0 Å². The van der Waals surface area contributed by atoms with Crippen molar-refractivity contribution in [3.63, 3.8) is 0 Å². The van der Waals surface area contributed by atoms with Crippen molar-refractivity contribution < 1.29 is 4.74 Å². The van der Waals surface area contributed by atoms with E-state index < -0.39 is 0 Å². The van der Waals surface area contributed by atoms with Crippen LogP contribution in [0, 0.1) is 6.92 Å². The molecule has 1 unspecified atom stereocenters. The van der Waals surface area contributed by atoms with Gasteiger partial charge in [0, 0.05) is 31.7 Å². The minimum absolute atomic E-state index is 0.322. The fraction of sp³-hybridized carbons (Fsp3) is 0.714. The minimum atomic E-state index is 0.322. The van der Waals surface area contributed by atoms with Crippen molar-refractivity contribution in [2.24, 2.45) is 0 Å². The molecule has 0 spiro atoms. The summed E-state index contributed by atoms with van der Waals surface area (Å²) in [4.78, 5) is 11.3. The molecule has 2 heterocycles. The predicted molar refractivity (Wildman–Crippen MR) is 76.0 cm³/mol. The highest BCUT2D eigenvalue weighted by Gasteiger charge is 2.29. The molecule has 0 N–H and O–H groups in total. The summed E-state index contributed by atoms with van der Waals surface area (Å²) in [6.45, 7) is 3.74. The summed E-state index contributed by atoms with van der Waals surface area (Å²) in [5.74, 6) is 2.38. The average Bonchev–Trinajstić information content (AvgIpc) is 3.11. The maximum Gasteiger partial charge on any atom is 0.137 e. The van der Waals surface area contributed by atoms with Crippen LogP contribution in [0.5, 0.6) is 0 Å². The molecule has 1 saturated heterocycles. The van der Waals surface area contributed by atoms with E-state index >= 15 is 0 Å². The first-order valence-corrected chi connectivity index (χ1v) is 7.39. The van der Waals surface area contributed by atoms with E-state index in [-0.39, 0.29) is 0 Å². The van der Waals surface area contributed by atoms with Crippen LogP contribution < -0.4 is 4.90 Å². The molecule has 0 radical (unpaired) electrons. The van der Waals surface area contributed by atoms with E-state index in [9.17, 15) is 0 Å². The van der Waals surface area contributed by atoms with Crippen molar-refractivity contribution >= 4 is 17.4 Å². The van der Waals surface area contributed by atoms with E-state index in [2.05, 4.69) is 16.9 Å². The van der Waals surface area contributed by atoms with Crippen LogP contribution in [-0.2, 0) is 4.74 Å². The Morgan fingerprint density at radius 1 is 1.32 bits per heavy atom. The lowest BCUT2D eigenvalue weighted by molar-refractivity contribution is 0.116. The zero-order chi connectivity index (χ0) is 13.4. The molecule has 0 amide bonds. The third-order valence-electron chi connectivity index (χ3n) is 3.88. The maximum absolute atomic E-state index is 6.24. The molecular weight excluding hydrogens is 262 g/mol. The van der Waals surface area contributed by atoms with Gasteiger partial charge in [-0.15, -0.1) is 0 Å². The van der Waals surface area contributed by atoms with Gasteiger partial charge in [0.05, 0.1) is 6.10 Å². The third-order valence-corrected chi connectivity index (χ3v) is 4.25. The van der Waals surface area contributed by atoms with E-state index in [1.165, 1.54) is 12.8 Å². The molecule has 5 heteroatoms. The van der Waals surface area contributed by atoms with Crippen LogP contribution in [-0.4, -0.2) is 36.3 Å². The first-order valence-electron chi connectivity index (χ1n) is 7.02. The van der Waals surface area contributed by atoms with Crippen molar-refractivity contribution in [2.75, 3.05) is 25.1 Å². The zero-order valence-corrected chi connectivity index (χ0v) is 12.3. The smallest absolute Gasteiger partial charge is 0.137 e. The molecule has 1 aliphatic heterocycles. The van der Waals surface area contributed by atoms with E-state index in [4.69, 9.17) is 21.3 Å². The van der Waals surface area contributed by atoms with Crippen LogP contribution >= 0.6 is 11.6 Å². The Morgan fingerprint density at radius 2 is 2.11 bits per heavy atom. The van der Waals surface area contributed by atoms with Gasteiger partial charge in [0.1, 0.15) is 16.8 Å². The number of hydrogen-bond donors (Lipinski definition) is 0. The molecule has 3 rings (SSSR count). The third kappa shape index (κ3) is 2.84. The normalized spacial score (nSPS) is 22.8. The second-order valence-corrected chi connectivity index (χ2v) is 5.97. The van der Waals surface area contributed by atoms with E-state index in [1.54, 1.807) is 0 Å². The van der Waals surface area contributed by atoms with Crippen molar-refractivity contribution in [1.82, 2.24) is 9.97 Å². The van der Waals surface area contributed by atoms with Crippen molar-refractivity contribution in [3.05, 3.63) is 16.5 Å². The number of likely N-dealkylation sites (N-methyl/N-ethyl adjacent to an activating group) is 1. The van der Waals surface area contributed by atoms with Gasteiger partial charge in [0.2, 0.25) is 0 Å². The van der Waals surface area contributed by atoms with Crippen LogP contribution in [0.2, 0.25) is 5.15 Å². The molecule has 19 heavy (non-hydrogen) atoms. The summed E-state index contributed by atoms with van der Waals surface area (Å²) in [5, 5.41) is 0.589. The second kappa shape index (κ2) is 5.25. The fourth-order valence-electron chi connectivity index (χ4n) is 2.57. The lowest BCUT2D eigenvalue weighted by atomic mass is 10.2. The number of aromatic nitrogens is 2. The molecule has 1 aliphatic carbocycles. The summed E-state index contributed by atoms with van der Waals surface area (Å²) in [6.07, 6.45) is 5.00. The fourth-order valence-corrected chi connectivity index (χ4v) is 2.74. The number of halogens is 1. The predicted octanol–water partition coefficient (Wildman–Crippen LogP) is 2.93. The maximum atomic E-state index is 6.24. The van der Waals surface area contributed by atoms with Crippen LogP contribution in [0.3, 0.4) is 0 Å². The molecule has 1 saturated carbocycles. The Hall–Kier alpha value is -0.870. The lowest BCUT2D eigenvalue weighted by Gasteiger charge is -2.24. The number of anilines is 1. The minimum Gasteiger partial charge on any atom is -0.376 e. The van der Waals surface area contributed by atoms with Gasteiger partial charge in [-0.2, -0.15) is 0 Å². The first-order chi connectivity index (χ1) is 9.15.